The molecule has 3 aromatic rings. The largest absolute Gasteiger partial charge is 0.875 e. The number of phenols is 2. The number of nitrogens with two attached hydrogens (primary N) is 2. The number of allylic oxidation sites excluding steroid dienone is 5. The number of fused-ring (bicyclic) bond motifs is 1. The minimum Gasteiger partial charge on any atom is -0.875 e. The van der Waals surface area contributed by atoms with E-state index >= 15 is 0 Å². The maximum atomic E-state index is 13.8. The molecule has 52 heavy (non-hydrogen) atoms. The molecule has 274 valence electrons. The molecule has 8 heteroatoms. The van der Waals surface area contributed by atoms with Crippen molar-refractivity contribution in [3.8, 4) is 17.2 Å². The molecule has 0 unspecified atom stereocenters. The molecule has 0 radical (unpaired) electrons. The van der Waals surface area contributed by atoms with Gasteiger partial charge in [0.15, 0.2) is 17.3 Å². The van der Waals surface area contributed by atoms with Gasteiger partial charge in [-0.1, -0.05) is 75.1 Å². The molecule has 0 amide bonds. The summed E-state index contributed by atoms with van der Waals surface area (Å²) in [6.07, 6.45) is 19.5. The molecule has 3 aliphatic rings. The van der Waals surface area contributed by atoms with Gasteiger partial charge in [-0.15, -0.1) is 5.76 Å². The number of carbonyl (C=O) groups excluding carboxylic acids is 1. The van der Waals surface area contributed by atoms with Crippen molar-refractivity contribution in [2.75, 3.05) is 6.61 Å². The number of ketones is 1. The fraction of sp³-hybridized carbons (Fsp3) is 0.409. The highest BCUT2D eigenvalue weighted by Gasteiger charge is 2.34. The molecule has 2 aliphatic carbocycles. The number of phenolic OH excluding ortho intramolecular Hbond substituents is 2. The van der Waals surface area contributed by atoms with Gasteiger partial charge in [0.05, 0.1) is 12.8 Å². The second-order valence-electron chi connectivity index (χ2n) is 14.8. The molecule has 1 aliphatic heterocycles. The van der Waals surface area contributed by atoms with Gasteiger partial charge in [0.1, 0.15) is 5.75 Å². The SMILES string of the molecule is CCCCC1(/C=C/C(=O)CCc2ccc(O)c(OCCc3ccc(O)c([C@H]4c5ccc(C(N)N)cc5CC[C@H]4C([O-])=C4C=CN=C4)c3)c2)CCCC1. The van der Waals surface area contributed by atoms with E-state index in [0.717, 1.165) is 34.2 Å². The zero-order valence-corrected chi connectivity index (χ0v) is 30.2. The molecular formula is C44H52N3O5-. The normalized spacial score (nSPS) is 20.2. The number of carbonyl (C=O) groups is 1. The first-order chi connectivity index (χ1) is 25.2. The summed E-state index contributed by atoms with van der Waals surface area (Å²) >= 11 is 0. The van der Waals surface area contributed by atoms with E-state index in [2.05, 4.69) is 18.0 Å². The molecule has 1 heterocycles. The van der Waals surface area contributed by atoms with E-state index in [1.807, 2.05) is 42.5 Å². The zero-order valence-electron chi connectivity index (χ0n) is 30.2. The average Bonchev–Trinajstić information content (AvgIpc) is 3.87. The summed E-state index contributed by atoms with van der Waals surface area (Å²) in [7, 11) is 0. The van der Waals surface area contributed by atoms with E-state index < -0.39 is 12.1 Å². The van der Waals surface area contributed by atoms with Crippen LogP contribution in [0.3, 0.4) is 0 Å². The standard InChI is InChI=1S/C44H53N3O5/c1-2-3-19-44(20-4-5-21-44)22-16-34(48)11-6-29-8-15-39(50)40(26-29)52-24-18-30-7-14-38(49)37(25-30)41-35-12-10-32(43(45)46)27-31(35)9-13-36(41)42(51)33-17-23-47-28-33/h7-8,10,12,14-17,22-23,25-28,36,41,43,49-51H,2-6,9,11,13,18-21,24,45-46H2,1H3/p-1/b22-16+,42-33?/t36-,41+/m1/s1. The third-order valence-electron chi connectivity index (χ3n) is 11.2. The third-order valence-corrected chi connectivity index (χ3v) is 11.2. The van der Waals surface area contributed by atoms with Crippen LogP contribution in [0.4, 0.5) is 0 Å². The maximum absolute atomic E-state index is 13.8. The Hall–Kier alpha value is -4.66. The van der Waals surface area contributed by atoms with E-state index in [4.69, 9.17) is 16.2 Å². The first-order valence-corrected chi connectivity index (χ1v) is 18.9. The highest BCUT2D eigenvalue weighted by atomic mass is 16.5. The van der Waals surface area contributed by atoms with Gasteiger partial charge in [-0.2, -0.15) is 0 Å². The Kier molecular flexibility index (Phi) is 12.0. The van der Waals surface area contributed by atoms with Gasteiger partial charge < -0.3 is 31.5 Å². The summed E-state index contributed by atoms with van der Waals surface area (Å²) < 4.78 is 6.07. The highest BCUT2D eigenvalue weighted by molar-refractivity contribution is 5.90. The Labute approximate surface area is 307 Å². The van der Waals surface area contributed by atoms with Crippen LogP contribution in [-0.4, -0.2) is 28.8 Å². The summed E-state index contributed by atoms with van der Waals surface area (Å²) in [5.41, 5.74) is 18.1. The number of aromatic hydroxyl groups is 2. The molecule has 0 spiro atoms. The van der Waals surface area contributed by atoms with E-state index in [-0.39, 0.29) is 41.0 Å². The number of hydrogen-bond acceptors (Lipinski definition) is 8. The summed E-state index contributed by atoms with van der Waals surface area (Å²) in [6, 6.07) is 16.6. The van der Waals surface area contributed by atoms with Crippen LogP contribution in [0.2, 0.25) is 0 Å². The van der Waals surface area contributed by atoms with Gasteiger partial charge in [-0.25, -0.2) is 0 Å². The number of aryl methyl sites for hydroxylation is 2. The Morgan fingerprint density at radius 2 is 1.79 bits per heavy atom. The van der Waals surface area contributed by atoms with Crippen LogP contribution in [-0.2, 0) is 24.1 Å². The fourth-order valence-electron chi connectivity index (χ4n) is 8.21. The van der Waals surface area contributed by atoms with Crippen LogP contribution in [0, 0.1) is 11.3 Å². The van der Waals surface area contributed by atoms with Crippen molar-refractivity contribution < 1.29 is 24.9 Å². The van der Waals surface area contributed by atoms with Gasteiger partial charge in [0.2, 0.25) is 0 Å². The van der Waals surface area contributed by atoms with Crippen molar-refractivity contribution >= 4 is 12.0 Å². The van der Waals surface area contributed by atoms with E-state index in [9.17, 15) is 20.1 Å². The molecule has 8 nitrogen and oxygen atoms in total. The maximum Gasteiger partial charge on any atom is 0.161 e. The Morgan fingerprint density at radius 1 is 1.02 bits per heavy atom. The van der Waals surface area contributed by atoms with Crippen LogP contribution < -0.4 is 21.3 Å². The smallest absolute Gasteiger partial charge is 0.161 e. The van der Waals surface area contributed by atoms with Crippen molar-refractivity contribution in [2.24, 2.45) is 27.8 Å². The topological polar surface area (TPSA) is 154 Å². The van der Waals surface area contributed by atoms with Crippen molar-refractivity contribution in [1.29, 1.82) is 0 Å². The molecule has 0 bridgehead atoms. The van der Waals surface area contributed by atoms with Gasteiger partial charge in [0.25, 0.3) is 0 Å². The van der Waals surface area contributed by atoms with Crippen molar-refractivity contribution in [3.05, 3.63) is 124 Å². The number of hydrogen-bond donors (Lipinski definition) is 4. The minimum absolute atomic E-state index is 0.00123. The number of unbranched alkanes of at least 4 members (excludes halogenated alkanes) is 1. The molecule has 6 N–H and O–H groups in total. The zero-order chi connectivity index (χ0) is 36.7. The fourth-order valence-corrected chi connectivity index (χ4v) is 8.21. The third kappa shape index (κ3) is 8.68. The van der Waals surface area contributed by atoms with Crippen molar-refractivity contribution in [3.63, 3.8) is 0 Å². The average molecular weight is 703 g/mol. The van der Waals surface area contributed by atoms with Crippen LogP contribution in [0.25, 0.3) is 0 Å². The van der Waals surface area contributed by atoms with Crippen LogP contribution in [0.5, 0.6) is 17.2 Å². The quantitative estimate of drug-likeness (QED) is 0.0734. The van der Waals surface area contributed by atoms with Crippen LogP contribution >= 0.6 is 0 Å². The van der Waals surface area contributed by atoms with Crippen molar-refractivity contribution in [2.45, 2.75) is 96.1 Å². The summed E-state index contributed by atoms with van der Waals surface area (Å²) in [5.74, 6) is -0.117. The van der Waals surface area contributed by atoms with Crippen LogP contribution in [0.15, 0.2) is 95.3 Å². The first-order valence-electron chi connectivity index (χ1n) is 18.9. The summed E-state index contributed by atoms with van der Waals surface area (Å²) in [4.78, 5) is 17.0. The lowest BCUT2D eigenvalue weighted by atomic mass is 9.69. The van der Waals surface area contributed by atoms with E-state index in [1.54, 1.807) is 36.7 Å². The predicted molar refractivity (Wildman–Crippen MR) is 204 cm³/mol. The Bertz CT molecular complexity index is 1850. The number of nitrogens with zero attached hydrogens (tertiary/aromatic N) is 1. The van der Waals surface area contributed by atoms with E-state index in [1.165, 1.54) is 38.5 Å². The number of ether oxygens (including phenoxy) is 1. The van der Waals surface area contributed by atoms with E-state index in [0.29, 0.717) is 49.0 Å². The molecule has 2 atom stereocenters. The van der Waals surface area contributed by atoms with Gasteiger partial charge >= 0.3 is 0 Å². The highest BCUT2D eigenvalue weighted by Crippen LogP contribution is 2.47. The molecule has 0 aromatic heterocycles. The van der Waals surface area contributed by atoms with Crippen molar-refractivity contribution in [1.82, 2.24) is 0 Å². The second kappa shape index (κ2) is 16.8. The first kappa shape index (κ1) is 37.1. The number of rotatable bonds is 15. The summed E-state index contributed by atoms with van der Waals surface area (Å²) in [6.45, 7) is 2.50. The minimum atomic E-state index is -0.607. The number of aliphatic imine (C=N–C) groups is 1. The second-order valence-corrected chi connectivity index (χ2v) is 14.8. The molecule has 3 aromatic carbocycles. The monoisotopic (exact) mass is 702 g/mol. The molecule has 1 saturated carbocycles. The number of benzene rings is 3. The lowest BCUT2D eigenvalue weighted by Crippen LogP contribution is -2.30. The van der Waals surface area contributed by atoms with Gasteiger partial charge in [0, 0.05) is 36.7 Å². The predicted octanol–water partition coefficient (Wildman–Crippen LogP) is 7.35. The summed E-state index contributed by atoms with van der Waals surface area (Å²) in [5, 5.41) is 35.6. The molecule has 0 saturated heterocycles. The Balaban J connectivity index is 1.14. The Morgan fingerprint density at radius 3 is 2.52 bits per heavy atom. The lowest BCUT2D eigenvalue weighted by Gasteiger charge is -2.39. The van der Waals surface area contributed by atoms with Gasteiger partial charge in [-0.3, -0.25) is 9.79 Å². The molecule has 6 rings (SSSR count). The van der Waals surface area contributed by atoms with Gasteiger partial charge in [-0.05, 0) is 114 Å². The lowest BCUT2D eigenvalue weighted by molar-refractivity contribution is -0.317. The van der Waals surface area contributed by atoms with Crippen LogP contribution in [0.1, 0.15) is 110 Å². The molecule has 1 fully saturated rings. The molecular weight excluding hydrogens is 650 g/mol.